The van der Waals surface area contributed by atoms with Gasteiger partial charge in [0.1, 0.15) is 12.4 Å². The molecule has 1 saturated carbocycles. The summed E-state index contributed by atoms with van der Waals surface area (Å²) in [5.41, 5.74) is 0.467. The van der Waals surface area contributed by atoms with Crippen LogP contribution < -0.4 is 0 Å². The zero-order valence-electron chi connectivity index (χ0n) is 6.56. The van der Waals surface area contributed by atoms with Crippen LogP contribution in [0.3, 0.4) is 0 Å². The number of hydrogen-bond donors (Lipinski definition) is 1. The maximum absolute atomic E-state index is 11.4. The molecule has 1 atom stereocenters. The number of rotatable bonds is 3. The molecule has 1 heterocycles. The van der Waals surface area contributed by atoms with Gasteiger partial charge in [-0.25, -0.2) is 0 Å². The Hall–Kier alpha value is -1.09. The van der Waals surface area contributed by atoms with Crippen LogP contribution >= 0.6 is 0 Å². The number of Topliss-reactive ketones (excluding diaryl/α,β-unsaturated/α-hetero) is 1. The summed E-state index contributed by atoms with van der Waals surface area (Å²) in [5.74, 6) is -0.0290. The third-order valence-electron chi connectivity index (χ3n) is 2.14. The Kier molecular flexibility index (Phi) is 1.73. The van der Waals surface area contributed by atoms with Gasteiger partial charge in [0.2, 0.25) is 0 Å². The summed E-state index contributed by atoms with van der Waals surface area (Å²) >= 11 is 0. The topological polar surface area (TPSA) is 50.4 Å². The van der Waals surface area contributed by atoms with E-state index >= 15 is 0 Å². The SMILES string of the molecule is O=C(c1ccoc1)C(O)C1CC1. The van der Waals surface area contributed by atoms with Gasteiger partial charge in [-0.2, -0.15) is 0 Å². The lowest BCUT2D eigenvalue weighted by atomic mass is 10.1. The van der Waals surface area contributed by atoms with Crippen molar-refractivity contribution in [3.63, 3.8) is 0 Å². The van der Waals surface area contributed by atoms with Crippen LogP contribution in [0.2, 0.25) is 0 Å². The quantitative estimate of drug-likeness (QED) is 0.687. The van der Waals surface area contributed by atoms with Gasteiger partial charge in [0.25, 0.3) is 0 Å². The molecular weight excluding hydrogens is 156 g/mol. The lowest BCUT2D eigenvalue weighted by molar-refractivity contribution is 0.0703. The Morgan fingerprint density at radius 1 is 1.67 bits per heavy atom. The fourth-order valence-electron chi connectivity index (χ4n) is 1.20. The average molecular weight is 166 g/mol. The van der Waals surface area contributed by atoms with Crippen molar-refractivity contribution < 1.29 is 14.3 Å². The smallest absolute Gasteiger partial charge is 0.194 e. The summed E-state index contributed by atoms with van der Waals surface area (Å²) in [6, 6.07) is 1.58. The summed E-state index contributed by atoms with van der Waals surface area (Å²) in [4.78, 5) is 11.4. The van der Waals surface area contributed by atoms with Gasteiger partial charge in [0.05, 0.1) is 11.8 Å². The number of aliphatic hydroxyl groups is 1. The first-order chi connectivity index (χ1) is 5.79. The molecule has 1 aliphatic carbocycles. The van der Waals surface area contributed by atoms with Crippen molar-refractivity contribution in [2.45, 2.75) is 18.9 Å². The van der Waals surface area contributed by atoms with Gasteiger partial charge in [-0.05, 0) is 24.8 Å². The molecule has 0 aliphatic heterocycles. The molecule has 0 saturated heterocycles. The van der Waals surface area contributed by atoms with E-state index in [1.165, 1.54) is 12.5 Å². The Balaban J connectivity index is 2.09. The summed E-state index contributed by atoms with van der Waals surface area (Å²) in [5, 5.41) is 9.44. The average Bonchev–Trinajstić information content (AvgIpc) is 2.79. The molecule has 0 bridgehead atoms. The highest BCUT2D eigenvalue weighted by Crippen LogP contribution is 2.33. The Labute approximate surface area is 70.0 Å². The first-order valence-corrected chi connectivity index (χ1v) is 4.03. The maximum atomic E-state index is 11.4. The number of carbonyl (C=O) groups excluding carboxylic acids is 1. The molecule has 0 amide bonds. The van der Waals surface area contributed by atoms with Crippen molar-refractivity contribution >= 4 is 5.78 Å². The van der Waals surface area contributed by atoms with E-state index in [2.05, 4.69) is 0 Å². The van der Waals surface area contributed by atoms with Crippen molar-refractivity contribution in [3.8, 4) is 0 Å². The molecule has 1 fully saturated rings. The third kappa shape index (κ3) is 1.28. The molecule has 1 aliphatic rings. The van der Waals surface area contributed by atoms with Crippen molar-refractivity contribution in [1.29, 1.82) is 0 Å². The molecule has 2 rings (SSSR count). The normalized spacial score (nSPS) is 19.1. The van der Waals surface area contributed by atoms with Gasteiger partial charge in [0.15, 0.2) is 5.78 Å². The summed E-state index contributed by atoms with van der Waals surface area (Å²) in [7, 11) is 0. The van der Waals surface area contributed by atoms with Crippen molar-refractivity contribution in [2.75, 3.05) is 0 Å². The monoisotopic (exact) mass is 166 g/mol. The van der Waals surface area contributed by atoms with Crippen LogP contribution in [-0.2, 0) is 0 Å². The third-order valence-corrected chi connectivity index (χ3v) is 2.14. The van der Waals surface area contributed by atoms with E-state index < -0.39 is 6.10 Å². The molecule has 1 unspecified atom stereocenters. The van der Waals surface area contributed by atoms with Crippen molar-refractivity contribution in [1.82, 2.24) is 0 Å². The number of aliphatic hydroxyl groups excluding tert-OH is 1. The molecule has 64 valence electrons. The summed E-state index contributed by atoms with van der Waals surface area (Å²) < 4.78 is 4.75. The van der Waals surface area contributed by atoms with Gasteiger partial charge in [-0.3, -0.25) is 4.79 Å². The number of ketones is 1. The van der Waals surface area contributed by atoms with Crippen LogP contribution in [0.5, 0.6) is 0 Å². The Morgan fingerprint density at radius 2 is 2.42 bits per heavy atom. The molecule has 1 aromatic heterocycles. The Bertz CT molecular complexity index is 272. The minimum absolute atomic E-state index is 0.187. The van der Waals surface area contributed by atoms with Crippen molar-refractivity contribution in [3.05, 3.63) is 24.2 Å². The number of furan rings is 1. The van der Waals surface area contributed by atoms with Crippen LogP contribution in [0.1, 0.15) is 23.2 Å². The molecule has 12 heavy (non-hydrogen) atoms. The fourth-order valence-corrected chi connectivity index (χ4v) is 1.20. The van der Waals surface area contributed by atoms with Crippen molar-refractivity contribution in [2.24, 2.45) is 5.92 Å². The zero-order chi connectivity index (χ0) is 8.55. The molecule has 3 heteroatoms. The predicted octanol–water partition coefficient (Wildman–Crippen LogP) is 1.23. The van der Waals surface area contributed by atoms with Gasteiger partial charge >= 0.3 is 0 Å². The van der Waals surface area contributed by atoms with E-state index in [9.17, 15) is 9.90 Å². The highest BCUT2D eigenvalue weighted by atomic mass is 16.3. The molecule has 0 spiro atoms. The highest BCUT2D eigenvalue weighted by molar-refractivity contribution is 5.99. The van der Waals surface area contributed by atoms with Gasteiger partial charge < -0.3 is 9.52 Å². The first-order valence-electron chi connectivity index (χ1n) is 4.03. The van der Waals surface area contributed by atoms with Gasteiger partial charge in [-0.1, -0.05) is 0 Å². The predicted molar refractivity (Wildman–Crippen MR) is 41.8 cm³/mol. The molecular formula is C9H10O3. The number of carbonyl (C=O) groups is 1. The van der Waals surface area contributed by atoms with Gasteiger partial charge in [0, 0.05) is 0 Å². The minimum Gasteiger partial charge on any atom is -0.472 e. The van der Waals surface area contributed by atoms with Crippen LogP contribution in [0.25, 0.3) is 0 Å². The largest absolute Gasteiger partial charge is 0.472 e. The second-order valence-corrected chi connectivity index (χ2v) is 3.16. The highest BCUT2D eigenvalue weighted by Gasteiger charge is 2.35. The number of hydrogen-bond acceptors (Lipinski definition) is 3. The van der Waals surface area contributed by atoms with E-state index in [0.717, 1.165) is 12.8 Å². The van der Waals surface area contributed by atoms with Crippen LogP contribution in [0, 0.1) is 5.92 Å². The zero-order valence-corrected chi connectivity index (χ0v) is 6.56. The van der Waals surface area contributed by atoms with E-state index in [1.807, 2.05) is 0 Å². The lowest BCUT2D eigenvalue weighted by Crippen LogP contribution is -2.21. The van der Waals surface area contributed by atoms with E-state index in [0.29, 0.717) is 5.56 Å². The fraction of sp³-hybridized carbons (Fsp3) is 0.444. The van der Waals surface area contributed by atoms with Crippen LogP contribution in [0.4, 0.5) is 0 Å². The molecule has 1 aromatic rings. The molecule has 0 aromatic carbocycles. The standard InChI is InChI=1S/C9H10O3/c10-8(6-1-2-6)9(11)7-3-4-12-5-7/h3-6,8,10H,1-2H2. The van der Waals surface area contributed by atoms with E-state index in [1.54, 1.807) is 6.07 Å². The minimum atomic E-state index is -0.817. The van der Waals surface area contributed by atoms with E-state index in [4.69, 9.17) is 4.42 Å². The van der Waals surface area contributed by atoms with E-state index in [-0.39, 0.29) is 11.7 Å². The first kappa shape index (κ1) is 7.55. The second-order valence-electron chi connectivity index (χ2n) is 3.16. The van der Waals surface area contributed by atoms with Gasteiger partial charge in [-0.15, -0.1) is 0 Å². The molecule has 0 radical (unpaired) electrons. The van der Waals surface area contributed by atoms with Crippen LogP contribution in [0.15, 0.2) is 23.0 Å². The molecule has 3 nitrogen and oxygen atoms in total. The van der Waals surface area contributed by atoms with Crippen LogP contribution in [-0.4, -0.2) is 17.0 Å². The summed E-state index contributed by atoms with van der Waals surface area (Å²) in [6.07, 6.45) is 3.92. The Morgan fingerprint density at radius 3 is 2.92 bits per heavy atom. The summed E-state index contributed by atoms with van der Waals surface area (Å²) in [6.45, 7) is 0. The lowest BCUT2D eigenvalue weighted by Gasteiger charge is -2.04. The second kappa shape index (κ2) is 2.75. The molecule has 1 N–H and O–H groups in total. The maximum Gasteiger partial charge on any atom is 0.194 e.